The van der Waals surface area contributed by atoms with E-state index in [1.807, 2.05) is 19.1 Å². The smallest absolute Gasteiger partial charge is 0.319 e. The SMILES string of the molecule is Cc1ccc(CNC(=O)Nc2ccc(C(=O)NC[C@H]3CCCO3)cc2)o1. The first kappa shape index (κ1) is 18.0. The number of nitrogens with one attached hydrogen (secondary N) is 3. The molecule has 3 amide bonds. The molecule has 3 rings (SSSR count). The summed E-state index contributed by atoms with van der Waals surface area (Å²) in [5.41, 5.74) is 1.15. The van der Waals surface area contributed by atoms with Crippen molar-refractivity contribution in [1.82, 2.24) is 10.6 Å². The van der Waals surface area contributed by atoms with Gasteiger partial charge in [-0.15, -0.1) is 0 Å². The fourth-order valence-electron chi connectivity index (χ4n) is 2.74. The van der Waals surface area contributed by atoms with Gasteiger partial charge in [0.2, 0.25) is 0 Å². The molecule has 138 valence electrons. The Labute approximate surface area is 152 Å². The number of hydrogen-bond donors (Lipinski definition) is 3. The van der Waals surface area contributed by atoms with Gasteiger partial charge in [-0.05, 0) is 56.2 Å². The second kappa shape index (κ2) is 8.53. The van der Waals surface area contributed by atoms with Crippen LogP contribution in [0.15, 0.2) is 40.8 Å². The molecule has 1 aromatic heterocycles. The summed E-state index contributed by atoms with van der Waals surface area (Å²) in [6.45, 7) is 3.45. The van der Waals surface area contributed by atoms with Gasteiger partial charge in [-0.25, -0.2) is 4.79 Å². The highest BCUT2D eigenvalue weighted by atomic mass is 16.5. The van der Waals surface area contributed by atoms with E-state index in [1.54, 1.807) is 24.3 Å². The summed E-state index contributed by atoms with van der Waals surface area (Å²) in [5, 5.41) is 8.30. The molecule has 3 N–H and O–H groups in total. The monoisotopic (exact) mass is 357 g/mol. The molecule has 1 aromatic carbocycles. The van der Waals surface area contributed by atoms with Crippen LogP contribution in [0.4, 0.5) is 10.5 Å². The van der Waals surface area contributed by atoms with Gasteiger partial charge >= 0.3 is 6.03 Å². The Bertz CT molecular complexity index is 748. The molecule has 0 unspecified atom stereocenters. The highest BCUT2D eigenvalue weighted by molar-refractivity contribution is 5.95. The highest BCUT2D eigenvalue weighted by Gasteiger charge is 2.16. The molecule has 7 heteroatoms. The zero-order chi connectivity index (χ0) is 18.4. The first-order valence-electron chi connectivity index (χ1n) is 8.70. The lowest BCUT2D eigenvalue weighted by Crippen LogP contribution is -2.31. The van der Waals surface area contributed by atoms with Gasteiger partial charge in [0.05, 0.1) is 12.6 Å². The molecule has 2 aromatic rings. The number of aryl methyl sites for hydroxylation is 1. The van der Waals surface area contributed by atoms with Crippen molar-refractivity contribution < 1.29 is 18.7 Å². The number of carbonyl (C=O) groups is 2. The van der Waals surface area contributed by atoms with Crippen LogP contribution in [0.5, 0.6) is 0 Å². The van der Waals surface area contributed by atoms with Crippen molar-refractivity contribution in [1.29, 1.82) is 0 Å². The van der Waals surface area contributed by atoms with E-state index in [0.717, 1.165) is 25.2 Å². The van der Waals surface area contributed by atoms with Crippen molar-refractivity contribution >= 4 is 17.6 Å². The second-order valence-electron chi connectivity index (χ2n) is 6.24. The van der Waals surface area contributed by atoms with E-state index in [0.29, 0.717) is 30.1 Å². The maximum atomic E-state index is 12.1. The number of carbonyl (C=O) groups excluding carboxylic acids is 2. The van der Waals surface area contributed by atoms with Gasteiger partial charge in [0.1, 0.15) is 11.5 Å². The first-order valence-corrected chi connectivity index (χ1v) is 8.70. The van der Waals surface area contributed by atoms with Crippen LogP contribution >= 0.6 is 0 Å². The van der Waals surface area contributed by atoms with Gasteiger partial charge in [-0.3, -0.25) is 4.79 Å². The fourth-order valence-corrected chi connectivity index (χ4v) is 2.74. The number of benzene rings is 1. The van der Waals surface area contributed by atoms with E-state index >= 15 is 0 Å². The van der Waals surface area contributed by atoms with Gasteiger partial charge in [0.15, 0.2) is 0 Å². The van der Waals surface area contributed by atoms with Crippen LogP contribution in [0.2, 0.25) is 0 Å². The number of furan rings is 1. The summed E-state index contributed by atoms with van der Waals surface area (Å²) in [6.07, 6.45) is 2.14. The Hall–Kier alpha value is -2.80. The maximum Gasteiger partial charge on any atom is 0.319 e. The molecule has 7 nitrogen and oxygen atoms in total. The summed E-state index contributed by atoms with van der Waals surface area (Å²) < 4.78 is 10.9. The van der Waals surface area contributed by atoms with E-state index in [2.05, 4.69) is 16.0 Å². The van der Waals surface area contributed by atoms with E-state index in [4.69, 9.17) is 9.15 Å². The summed E-state index contributed by atoms with van der Waals surface area (Å²) in [6, 6.07) is 10.1. The molecule has 1 atom stereocenters. The Morgan fingerprint density at radius 2 is 1.92 bits per heavy atom. The standard InChI is InChI=1S/C19H23N3O4/c1-13-4-9-17(26-13)12-21-19(24)22-15-7-5-14(6-8-15)18(23)20-11-16-3-2-10-25-16/h4-9,16H,2-3,10-12H2,1H3,(H,20,23)(H2,21,22,24)/t16-/m1/s1. The van der Waals surface area contributed by atoms with Gasteiger partial charge in [-0.1, -0.05) is 0 Å². The molecule has 1 fully saturated rings. The lowest BCUT2D eigenvalue weighted by molar-refractivity contribution is 0.0858. The Balaban J connectivity index is 1.44. The van der Waals surface area contributed by atoms with Crippen molar-refractivity contribution in [2.45, 2.75) is 32.4 Å². The molecular weight excluding hydrogens is 334 g/mol. The molecule has 2 heterocycles. The lowest BCUT2D eigenvalue weighted by atomic mass is 10.2. The van der Waals surface area contributed by atoms with Gasteiger partial charge < -0.3 is 25.1 Å². The van der Waals surface area contributed by atoms with Crippen LogP contribution in [0, 0.1) is 6.92 Å². The minimum Gasteiger partial charge on any atom is -0.465 e. The van der Waals surface area contributed by atoms with Crippen LogP contribution in [-0.2, 0) is 11.3 Å². The zero-order valence-electron chi connectivity index (χ0n) is 14.7. The van der Waals surface area contributed by atoms with Gasteiger partial charge in [0.25, 0.3) is 5.91 Å². The Morgan fingerprint density at radius 1 is 1.12 bits per heavy atom. The van der Waals surface area contributed by atoms with E-state index in [-0.39, 0.29) is 18.0 Å². The molecule has 0 saturated carbocycles. The third kappa shape index (κ3) is 5.10. The zero-order valence-corrected chi connectivity index (χ0v) is 14.7. The molecular formula is C19H23N3O4. The largest absolute Gasteiger partial charge is 0.465 e. The maximum absolute atomic E-state index is 12.1. The average molecular weight is 357 g/mol. The first-order chi connectivity index (χ1) is 12.6. The topological polar surface area (TPSA) is 92.6 Å². The van der Waals surface area contributed by atoms with Crippen molar-refractivity contribution in [2.24, 2.45) is 0 Å². The average Bonchev–Trinajstić information content (AvgIpc) is 3.30. The molecule has 0 aliphatic carbocycles. The highest BCUT2D eigenvalue weighted by Crippen LogP contribution is 2.12. The number of anilines is 1. The van der Waals surface area contributed by atoms with E-state index in [9.17, 15) is 9.59 Å². The van der Waals surface area contributed by atoms with Crippen LogP contribution in [-0.4, -0.2) is 31.2 Å². The third-order valence-corrected chi connectivity index (χ3v) is 4.14. The molecule has 0 bridgehead atoms. The second-order valence-corrected chi connectivity index (χ2v) is 6.24. The molecule has 26 heavy (non-hydrogen) atoms. The molecule has 0 spiro atoms. The number of rotatable bonds is 6. The number of urea groups is 1. The normalized spacial score (nSPS) is 16.3. The number of ether oxygens (including phenoxy) is 1. The third-order valence-electron chi connectivity index (χ3n) is 4.14. The quantitative estimate of drug-likeness (QED) is 0.741. The summed E-state index contributed by atoms with van der Waals surface area (Å²) in [4.78, 5) is 24.0. The fraction of sp³-hybridized carbons (Fsp3) is 0.368. The van der Waals surface area contributed by atoms with Crippen molar-refractivity contribution in [3.63, 3.8) is 0 Å². The summed E-state index contributed by atoms with van der Waals surface area (Å²) >= 11 is 0. The number of hydrogen-bond acceptors (Lipinski definition) is 4. The minimum absolute atomic E-state index is 0.113. The van der Waals surface area contributed by atoms with Crippen LogP contribution in [0.3, 0.4) is 0 Å². The molecule has 1 aliphatic heterocycles. The predicted octanol–water partition coefficient (Wildman–Crippen LogP) is 2.82. The summed E-state index contributed by atoms with van der Waals surface area (Å²) in [7, 11) is 0. The van der Waals surface area contributed by atoms with Crippen LogP contribution in [0.1, 0.15) is 34.7 Å². The van der Waals surface area contributed by atoms with Crippen molar-refractivity contribution in [2.75, 3.05) is 18.5 Å². The molecule has 0 radical (unpaired) electrons. The van der Waals surface area contributed by atoms with Gasteiger partial charge in [0, 0.05) is 24.4 Å². The predicted molar refractivity (Wildman–Crippen MR) is 97.1 cm³/mol. The number of amides is 3. The van der Waals surface area contributed by atoms with E-state index < -0.39 is 0 Å². The summed E-state index contributed by atoms with van der Waals surface area (Å²) in [5.74, 6) is 1.34. The minimum atomic E-state index is -0.338. The Morgan fingerprint density at radius 3 is 2.58 bits per heavy atom. The van der Waals surface area contributed by atoms with Crippen LogP contribution in [0.25, 0.3) is 0 Å². The van der Waals surface area contributed by atoms with Crippen LogP contribution < -0.4 is 16.0 Å². The molecule has 1 aliphatic rings. The van der Waals surface area contributed by atoms with Crippen molar-refractivity contribution in [3.05, 3.63) is 53.5 Å². The van der Waals surface area contributed by atoms with Crippen molar-refractivity contribution in [3.8, 4) is 0 Å². The Kier molecular flexibility index (Phi) is 5.91. The lowest BCUT2D eigenvalue weighted by Gasteiger charge is -2.11. The molecule has 1 saturated heterocycles. The van der Waals surface area contributed by atoms with Gasteiger partial charge in [-0.2, -0.15) is 0 Å². The van der Waals surface area contributed by atoms with E-state index in [1.165, 1.54) is 0 Å².